The standard InChI is InChI=1S/C19H27N5O6/c25-8-11-14(27)15(28)18(30-11)24-9-20-13-16(24)22-19(23-17(13)29)21-12(26)7-6-10-4-2-1-3-5-10/h9-11,14-15,18,25,27-28H,1-8H2,(H2,21,22,23,26,29)/t11-,14-,15-,18-/m1/s1. The number of hydrogen-bond acceptors (Lipinski definition) is 8. The van der Waals surface area contributed by atoms with Crippen LogP contribution in [0.3, 0.4) is 0 Å². The number of hydrogen-bond donors (Lipinski definition) is 5. The summed E-state index contributed by atoms with van der Waals surface area (Å²) >= 11 is 0. The monoisotopic (exact) mass is 421 g/mol. The Labute approximate surface area is 172 Å². The average Bonchev–Trinajstić information content (AvgIpc) is 3.29. The van der Waals surface area contributed by atoms with Crippen molar-refractivity contribution in [3.8, 4) is 0 Å². The average molecular weight is 421 g/mol. The molecule has 0 unspecified atom stereocenters. The largest absolute Gasteiger partial charge is 0.394 e. The minimum absolute atomic E-state index is 0.00735. The topological polar surface area (TPSA) is 163 Å². The highest BCUT2D eigenvalue weighted by atomic mass is 16.6. The van der Waals surface area contributed by atoms with E-state index in [1.54, 1.807) is 0 Å². The van der Waals surface area contributed by atoms with Crippen molar-refractivity contribution in [3.05, 3.63) is 16.7 Å². The molecule has 4 atom stereocenters. The van der Waals surface area contributed by atoms with Gasteiger partial charge in [-0.2, -0.15) is 4.98 Å². The lowest BCUT2D eigenvalue weighted by molar-refractivity contribution is -0.116. The summed E-state index contributed by atoms with van der Waals surface area (Å²) in [6.45, 7) is -0.475. The van der Waals surface area contributed by atoms with Crippen LogP contribution in [0.1, 0.15) is 51.2 Å². The molecule has 0 aromatic carbocycles. The SMILES string of the molecule is O=C(CCC1CCCCC1)Nc1nc2c(ncn2[C@@H]2O[C@H](CO)[C@@H](O)[C@H]2O)c(=O)[nH]1. The molecule has 1 amide bonds. The number of anilines is 1. The van der Waals surface area contributed by atoms with E-state index in [9.17, 15) is 24.9 Å². The second-order valence-electron chi connectivity index (χ2n) is 8.06. The summed E-state index contributed by atoms with van der Waals surface area (Å²) in [5.41, 5.74) is -0.447. The molecule has 2 aromatic heterocycles. The molecule has 1 aliphatic heterocycles. The van der Waals surface area contributed by atoms with E-state index in [1.807, 2.05) is 0 Å². The van der Waals surface area contributed by atoms with E-state index in [4.69, 9.17) is 4.74 Å². The van der Waals surface area contributed by atoms with Crippen LogP contribution < -0.4 is 10.9 Å². The lowest BCUT2D eigenvalue weighted by atomic mass is 9.86. The van der Waals surface area contributed by atoms with Crippen LogP contribution in [0.4, 0.5) is 5.95 Å². The summed E-state index contributed by atoms with van der Waals surface area (Å²) in [5, 5.41) is 32.1. The van der Waals surface area contributed by atoms with Crippen LogP contribution in [0.25, 0.3) is 11.2 Å². The van der Waals surface area contributed by atoms with Crippen molar-refractivity contribution in [1.82, 2.24) is 19.5 Å². The summed E-state index contributed by atoms with van der Waals surface area (Å²) in [6, 6.07) is 0. The first-order chi connectivity index (χ1) is 14.5. The number of aromatic amines is 1. The van der Waals surface area contributed by atoms with E-state index in [1.165, 1.54) is 30.2 Å². The molecule has 3 heterocycles. The Morgan fingerprint density at radius 1 is 1.27 bits per heavy atom. The number of aliphatic hydroxyl groups is 3. The molecule has 164 valence electrons. The summed E-state index contributed by atoms with van der Waals surface area (Å²) in [5.74, 6) is 0.309. The van der Waals surface area contributed by atoms with Crippen molar-refractivity contribution in [3.63, 3.8) is 0 Å². The molecule has 1 saturated heterocycles. The molecular weight excluding hydrogens is 394 g/mol. The number of nitrogens with zero attached hydrogens (tertiary/aromatic N) is 3. The maximum atomic E-state index is 12.4. The molecule has 0 spiro atoms. The fourth-order valence-electron chi connectivity index (χ4n) is 4.29. The van der Waals surface area contributed by atoms with E-state index in [-0.39, 0.29) is 23.0 Å². The van der Waals surface area contributed by atoms with Crippen LogP contribution in [-0.2, 0) is 9.53 Å². The molecule has 2 aromatic rings. The van der Waals surface area contributed by atoms with Crippen molar-refractivity contribution < 1.29 is 24.9 Å². The molecule has 0 bridgehead atoms. The molecule has 1 saturated carbocycles. The van der Waals surface area contributed by atoms with Crippen LogP contribution in [0.2, 0.25) is 0 Å². The van der Waals surface area contributed by atoms with Crippen LogP contribution >= 0.6 is 0 Å². The van der Waals surface area contributed by atoms with Gasteiger partial charge in [-0.15, -0.1) is 0 Å². The van der Waals surface area contributed by atoms with Crippen molar-refractivity contribution in [2.45, 2.75) is 69.5 Å². The first-order valence-electron chi connectivity index (χ1n) is 10.4. The van der Waals surface area contributed by atoms with E-state index >= 15 is 0 Å². The van der Waals surface area contributed by atoms with Gasteiger partial charge in [0, 0.05) is 6.42 Å². The Morgan fingerprint density at radius 3 is 2.73 bits per heavy atom. The number of aromatic nitrogens is 4. The Hall–Kier alpha value is -2.34. The number of amides is 1. The Kier molecular flexibility index (Phi) is 6.14. The molecule has 2 aliphatic rings. The number of nitrogens with one attached hydrogen (secondary N) is 2. The molecular formula is C19H27N5O6. The van der Waals surface area contributed by atoms with Gasteiger partial charge in [-0.3, -0.25) is 24.5 Å². The summed E-state index contributed by atoms with van der Waals surface area (Å²) in [7, 11) is 0. The number of carbonyl (C=O) groups is 1. The maximum absolute atomic E-state index is 12.4. The fraction of sp³-hybridized carbons (Fsp3) is 0.684. The second kappa shape index (κ2) is 8.80. The van der Waals surface area contributed by atoms with E-state index < -0.39 is 36.7 Å². The molecule has 4 rings (SSSR count). The molecule has 11 nitrogen and oxygen atoms in total. The molecule has 30 heavy (non-hydrogen) atoms. The van der Waals surface area contributed by atoms with Crippen molar-refractivity contribution in [2.24, 2.45) is 5.92 Å². The van der Waals surface area contributed by atoms with Crippen LogP contribution in [0.5, 0.6) is 0 Å². The number of aliphatic hydroxyl groups excluding tert-OH is 3. The number of ether oxygens (including phenoxy) is 1. The van der Waals surface area contributed by atoms with Gasteiger partial charge in [0.1, 0.15) is 18.3 Å². The second-order valence-corrected chi connectivity index (χ2v) is 8.06. The third-order valence-electron chi connectivity index (χ3n) is 5.99. The van der Waals surface area contributed by atoms with Gasteiger partial charge < -0.3 is 20.1 Å². The smallest absolute Gasteiger partial charge is 0.280 e. The Balaban J connectivity index is 1.50. The zero-order chi connectivity index (χ0) is 21.3. The lowest BCUT2D eigenvalue weighted by Gasteiger charge is -2.20. The third kappa shape index (κ3) is 4.10. The fourth-order valence-corrected chi connectivity index (χ4v) is 4.29. The minimum Gasteiger partial charge on any atom is -0.394 e. The molecule has 1 aliphatic carbocycles. The number of carbonyl (C=O) groups excluding carboxylic acids is 1. The first kappa shape index (κ1) is 20.9. The highest BCUT2D eigenvalue weighted by molar-refractivity contribution is 5.89. The number of rotatable bonds is 6. The molecule has 5 N–H and O–H groups in total. The van der Waals surface area contributed by atoms with Crippen molar-refractivity contribution in [1.29, 1.82) is 0 Å². The van der Waals surface area contributed by atoms with E-state index in [0.29, 0.717) is 12.3 Å². The number of H-pyrrole nitrogens is 1. The zero-order valence-corrected chi connectivity index (χ0v) is 16.5. The van der Waals surface area contributed by atoms with Gasteiger partial charge in [0.2, 0.25) is 11.9 Å². The van der Waals surface area contributed by atoms with Crippen molar-refractivity contribution in [2.75, 3.05) is 11.9 Å². The summed E-state index contributed by atoms with van der Waals surface area (Å²) in [4.78, 5) is 35.5. The number of fused-ring (bicyclic) bond motifs is 1. The summed E-state index contributed by atoms with van der Waals surface area (Å²) < 4.78 is 6.80. The van der Waals surface area contributed by atoms with Crippen LogP contribution in [0.15, 0.2) is 11.1 Å². The molecule has 0 radical (unpaired) electrons. The zero-order valence-electron chi connectivity index (χ0n) is 16.5. The number of imidazole rings is 1. The molecule has 11 heteroatoms. The van der Waals surface area contributed by atoms with Gasteiger partial charge in [0.15, 0.2) is 17.4 Å². The predicted octanol–water partition coefficient (Wildman–Crippen LogP) is 0.0301. The van der Waals surface area contributed by atoms with Gasteiger partial charge in [0.25, 0.3) is 5.56 Å². The Bertz CT molecular complexity index is 953. The maximum Gasteiger partial charge on any atom is 0.280 e. The highest BCUT2D eigenvalue weighted by Gasteiger charge is 2.44. The summed E-state index contributed by atoms with van der Waals surface area (Å²) in [6.07, 6.45) is 3.72. The van der Waals surface area contributed by atoms with E-state index in [0.717, 1.165) is 19.3 Å². The van der Waals surface area contributed by atoms with Gasteiger partial charge >= 0.3 is 0 Å². The molecule has 2 fully saturated rings. The highest BCUT2D eigenvalue weighted by Crippen LogP contribution is 2.31. The van der Waals surface area contributed by atoms with E-state index in [2.05, 4.69) is 20.3 Å². The third-order valence-corrected chi connectivity index (χ3v) is 5.99. The van der Waals surface area contributed by atoms with Gasteiger partial charge in [-0.25, -0.2) is 4.98 Å². The normalized spacial score (nSPS) is 27.6. The van der Waals surface area contributed by atoms with Crippen molar-refractivity contribution >= 4 is 23.0 Å². The first-order valence-corrected chi connectivity index (χ1v) is 10.4. The lowest BCUT2D eigenvalue weighted by Crippen LogP contribution is -2.33. The Morgan fingerprint density at radius 2 is 2.03 bits per heavy atom. The van der Waals surface area contributed by atoms with Gasteiger partial charge in [-0.1, -0.05) is 32.1 Å². The van der Waals surface area contributed by atoms with Gasteiger partial charge in [0.05, 0.1) is 12.9 Å². The predicted molar refractivity (Wildman–Crippen MR) is 106 cm³/mol. The van der Waals surface area contributed by atoms with Crippen LogP contribution in [-0.4, -0.2) is 65.7 Å². The minimum atomic E-state index is -1.34. The van der Waals surface area contributed by atoms with Crippen LogP contribution in [0, 0.1) is 5.92 Å². The van der Waals surface area contributed by atoms with Gasteiger partial charge in [-0.05, 0) is 12.3 Å². The quantitative estimate of drug-likeness (QED) is 0.436.